The molecule has 9 heteroatoms. The number of hydrogen-bond donors (Lipinski definition) is 3. The number of nitrogens with one attached hydrogen (secondary N) is 1. The Morgan fingerprint density at radius 2 is 1.78 bits per heavy atom. The predicted octanol–water partition coefficient (Wildman–Crippen LogP) is 6.17. The Morgan fingerprint density at radius 1 is 1.02 bits per heavy atom. The predicted molar refractivity (Wildman–Crippen MR) is 184 cm³/mol. The molecule has 2 aliphatic heterocycles. The van der Waals surface area contributed by atoms with Gasteiger partial charge in [0.2, 0.25) is 0 Å². The van der Waals surface area contributed by atoms with Crippen LogP contribution in [0.1, 0.15) is 69.9 Å². The van der Waals surface area contributed by atoms with Gasteiger partial charge in [0.15, 0.2) is 0 Å². The van der Waals surface area contributed by atoms with Crippen molar-refractivity contribution in [1.29, 1.82) is 0 Å². The molecule has 2 atom stereocenters. The number of amidine groups is 1. The Kier molecular flexibility index (Phi) is 11.9. The molecule has 3 aliphatic rings. The second-order valence-corrected chi connectivity index (χ2v) is 13.0. The lowest BCUT2D eigenvalue weighted by Gasteiger charge is -2.34. The summed E-state index contributed by atoms with van der Waals surface area (Å²) in [6, 6.07) is 18.0. The van der Waals surface area contributed by atoms with Crippen molar-refractivity contribution in [1.82, 2.24) is 14.2 Å². The number of carbonyl (C=O) groups excluding carboxylic acids is 1. The molecule has 2 aromatic carbocycles. The molecule has 1 aromatic heterocycles. The molecule has 3 aromatic rings. The maximum absolute atomic E-state index is 12.9. The molecule has 3 N–H and O–H groups in total. The van der Waals surface area contributed by atoms with Crippen LogP contribution in [0.15, 0.2) is 71.2 Å². The first-order chi connectivity index (χ1) is 22.0. The third kappa shape index (κ3) is 8.26. The van der Waals surface area contributed by atoms with Gasteiger partial charge in [-0.25, -0.2) is 4.31 Å². The maximum Gasteiger partial charge on any atom is 0.253 e. The van der Waals surface area contributed by atoms with Crippen molar-refractivity contribution < 1.29 is 19.7 Å². The highest BCUT2D eigenvalue weighted by atomic mass is 32.2. The first kappa shape index (κ1) is 33.4. The van der Waals surface area contributed by atoms with Crippen LogP contribution < -0.4 is 5.32 Å². The maximum atomic E-state index is 12.9. The normalized spacial score (nSPS) is 20.2. The van der Waals surface area contributed by atoms with Crippen molar-refractivity contribution in [3.8, 4) is 0 Å². The van der Waals surface area contributed by atoms with Gasteiger partial charge in [-0.2, -0.15) is 0 Å². The fraction of sp³-hybridized carbons (Fsp3) is 0.500. The van der Waals surface area contributed by atoms with Crippen molar-refractivity contribution in [3.05, 3.63) is 77.3 Å². The van der Waals surface area contributed by atoms with Crippen LogP contribution in [-0.2, 0) is 22.7 Å². The van der Waals surface area contributed by atoms with E-state index in [1.807, 2.05) is 67.1 Å². The van der Waals surface area contributed by atoms with Crippen LogP contribution >= 0.6 is 11.9 Å². The first-order valence-corrected chi connectivity index (χ1v) is 17.4. The number of hydrogen-bond acceptors (Lipinski definition) is 7. The summed E-state index contributed by atoms with van der Waals surface area (Å²) < 4.78 is 9.91. The summed E-state index contributed by atoms with van der Waals surface area (Å²) in [6.45, 7) is 6.37. The average Bonchev–Trinajstić information content (AvgIpc) is 3.64. The van der Waals surface area contributed by atoms with E-state index in [2.05, 4.69) is 33.2 Å². The van der Waals surface area contributed by atoms with Gasteiger partial charge in [0.05, 0.1) is 25.9 Å². The van der Waals surface area contributed by atoms with Crippen molar-refractivity contribution in [2.45, 2.75) is 89.7 Å². The van der Waals surface area contributed by atoms with Crippen LogP contribution in [-0.4, -0.2) is 68.3 Å². The Balaban J connectivity index is 0.00000196. The van der Waals surface area contributed by atoms with Crippen molar-refractivity contribution >= 4 is 40.7 Å². The van der Waals surface area contributed by atoms with Gasteiger partial charge in [0.25, 0.3) is 5.91 Å². The third-order valence-electron chi connectivity index (χ3n) is 9.07. The number of rotatable bonds is 11. The molecular weight excluding hydrogens is 584 g/mol. The number of benzene rings is 2. The number of ether oxygens (including phenoxy) is 1. The highest BCUT2D eigenvalue weighted by Crippen LogP contribution is 2.36. The van der Waals surface area contributed by atoms with Gasteiger partial charge >= 0.3 is 0 Å². The van der Waals surface area contributed by atoms with Crippen molar-refractivity contribution in [2.24, 2.45) is 10.9 Å². The number of fused-ring (bicyclic) bond motifs is 1. The molecule has 1 aliphatic carbocycles. The summed E-state index contributed by atoms with van der Waals surface area (Å²) >= 11 is 1.68. The molecule has 0 bridgehead atoms. The van der Waals surface area contributed by atoms with Gasteiger partial charge < -0.3 is 24.8 Å². The van der Waals surface area contributed by atoms with E-state index in [-0.39, 0.29) is 19.1 Å². The van der Waals surface area contributed by atoms with Crippen LogP contribution in [0.3, 0.4) is 0 Å². The monoisotopic (exact) mass is 632 g/mol. The van der Waals surface area contributed by atoms with Crippen LogP contribution in [0, 0.1) is 5.92 Å². The molecule has 0 radical (unpaired) electrons. The number of aliphatic hydroxyl groups is 2. The van der Waals surface area contributed by atoms with E-state index in [0.29, 0.717) is 12.5 Å². The van der Waals surface area contributed by atoms with E-state index in [4.69, 9.17) is 9.73 Å². The minimum absolute atomic E-state index is 0.0663. The molecule has 2 fully saturated rings. The number of aromatic nitrogens is 1. The molecule has 3 heterocycles. The summed E-state index contributed by atoms with van der Waals surface area (Å²) in [5.74, 6) is 1.48. The number of nitrogens with zero attached hydrogens (tertiary/aromatic N) is 3. The number of aliphatic imine (C=N–C) groups is 1. The minimum Gasteiger partial charge on any atom is -0.388 e. The molecule has 1 saturated heterocycles. The molecular formula is C36H48N4O4S. The van der Waals surface area contributed by atoms with Crippen LogP contribution in [0.4, 0.5) is 0 Å². The number of aliphatic hydroxyl groups excluding tert-OH is 2. The summed E-state index contributed by atoms with van der Waals surface area (Å²) in [4.78, 5) is 17.9. The number of amides is 1. The fourth-order valence-corrected chi connectivity index (χ4v) is 7.23. The second kappa shape index (κ2) is 16.1. The van der Waals surface area contributed by atoms with E-state index in [1.165, 1.54) is 19.3 Å². The van der Waals surface area contributed by atoms with E-state index >= 15 is 0 Å². The molecule has 8 nitrogen and oxygen atoms in total. The summed E-state index contributed by atoms with van der Waals surface area (Å²) in [5.41, 5.74) is 2.55. The Hall–Kier alpha value is -2.95. The number of carbonyl (C=O) groups is 1. The van der Waals surface area contributed by atoms with E-state index < -0.39 is 17.7 Å². The van der Waals surface area contributed by atoms with Crippen molar-refractivity contribution in [2.75, 3.05) is 19.7 Å². The van der Waals surface area contributed by atoms with Crippen molar-refractivity contribution in [3.63, 3.8) is 0 Å². The second-order valence-electron chi connectivity index (χ2n) is 12.0. The first-order valence-electron chi connectivity index (χ1n) is 16.6. The van der Waals surface area contributed by atoms with Crippen LogP contribution in [0.2, 0.25) is 0 Å². The third-order valence-corrected chi connectivity index (χ3v) is 9.99. The quantitative estimate of drug-likeness (QED) is 0.219. The van der Waals surface area contributed by atoms with Crippen LogP contribution in [0.25, 0.3) is 17.0 Å². The topological polar surface area (TPSA) is 99.3 Å². The van der Waals surface area contributed by atoms with Gasteiger partial charge in [-0.15, -0.1) is 0 Å². The van der Waals surface area contributed by atoms with Gasteiger partial charge in [0.1, 0.15) is 17.5 Å². The Labute approximate surface area is 271 Å². The molecule has 45 heavy (non-hydrogen) atoms. The molecule has 6 rings (SSSR count). The molecule has 242 valence electrons. The lowest BCUT2D eigenvalue weighted by molar-refractivity contribution is -0.124. The van der Waals surface area contributed by atoms with Crippen LogP contribution in [0.5, 0.6) is 0 Å². The lowest BCUT2D eigenvalue weighted by Crippen LogP contribution is -2.47. The highest BCUT2D eigenvalue weighted by molar-refractivity contribution is 8.00. The van der Waals surface area contributed by atoms with E-state index in [9.17, 15) is 15.0 Å². The molecule has 1 saturated carbocycles. The average molecular weight is 633 g/mol. The summed E-state index contributed by atoms with van der Waals surface area (Å²) in [7, 11) is 0. The summed E-state index contributed by atoms with van der Waals surface area (Å²) in [6.07, 6.45) is 9.69. The van der Waals surface area contributed by atoms with Gasteiger partial charge in [-0.05, 0) is 60.4 Å². The summed E-state index contributed by atoms with van der Waals surface area (Å²) in [5, 5.41) is 27.5. The van der Waals surface area contributed by atoms with Gasteiger partial charge in [-0.1, -0.05) is 87.5 Å². The number of piperidine rings is 1. The van der Waals surface area contributed by atoms with E-state index in [0.717, 1.165) is 66.6 Å². The Morgan fingerprint density at radius 3 is 2.53 bits per heavy atom. The lowest BCUT2D eigenvalue weighted by atomic mass is 9.88. The minimum atomic E-state index is -0.982. The zero-order valence-electron chi connectivity index (χ0n) is 26.6. The smallest absolute Gasteiger partial charge is 0.253 e. The molecule has 1 amide bonds. The fourth-order valence-electron chi connectivity index (χ4n) is 6.46. The zero-order valence-corrected chi connectivity index (χ0v) is 27.4. The van der Waals surface area contributed by atoms with Gasteiger partial charge in [-0.3, -0.25) is 9.79 Å². The Bertz CT molecular complexity index is 1440. The largest absolute Gasteiger partial charge is 0.388 e. The SMILES string of the molecule is CC.O=C1NC(C2CCCCC2)=NC12CCN(S/C=C/c1cccc3c1ccn3C[C@H](O)[C@@H](O)COCc1ccccc1)CC2. The highest BCUT2D eigenvalue weighted by Gasteiger charge is 2.46. The molecule has 1 spiro atoms. The van der Waals surface area contributed by atoms with E-state index in [1.54, 1.807) is 11.9 Å². The standard InChI is InChI=1S/C34H42N4O4S.C2H6/c39-30(31(40)24-42-23-25-8-3-1-4-9-25)22-37-18-14-28-26(12-7-13-29(28)37)15-21-43-38-19-16-34(17-20-38)33(41)35-32(36-34)27-10-5-2-6-11-27;1-2/h1,3-4,7-9,12-15,18,21,27,30-31,39-40H,2,5-6,10-11,16-17,19-20,22-24H2,(H,35,36,41);1-2H3/b21-15+;/t30-,31-;/m0./s1. The zero-order chi connectivity index (χ0) is 31.6. The molecule has 0 unspecified atom stereocenters. The van der Waals surface area contributed by atoms with Gasteiger partial charge in [0, 0.05) is 36.1 Å².